The second-order valence-corrected chi connectivity index (χ2v) is 7.15. The number of hydrogen-bond donors (Lipinski definition) is 2. The van der Waals surface area contributed by atoms with Crippen molar-refractivity contribution in [2.75, 3.05) is 10.6 Å². The maximum atomic E-state index is 12.4. The third-order valence-corrected chi connectivity index (χ3v) is 4.16. The van der Waals surface area contributed by atoms with Gasteiger partial charge in [-0.05, 0) is 80.3 Å². The lowest BCUT2D eigenvalue weighted by molar-refractivity contribution is -0.116. The summed E-state index contributed by atoms with van der Waals surface area (Å²) in [5.74, 6) is -0.507. The standard InChI is InChI=1S/C22H24N4O2/c1-14-7-15(2)10-18(9-14)23-21(27)13-26-6-5-20(25-26)22(28)24-19-11-16(3)8-17(4)12-19/h5-12H,13H2,1-4H3,(H,23,27)(H,24,28). The Morgan fingerprint density at radius 3 is 1.86 bits per heavy atom. The Kier molecular flexibility index (Phi) is 5.59. The van der Waals surface area contributed by atoms with E-state index in [4.69, 9.17) is 0 Å². The van der Waals surface area contributed by atoms with Gasteiger partial charge in [0.05, 0.1) is 0 Å². The molecule has 0 atom stereocenters. The van der Waals surface area contributed by atoms with Gasteiger partial charge in [-0.1, -0.05) is 12.1 Å². The number of carbonyl (C=O) groups is 2. The van der Waals surface area contributed by atoms with Crippen LogP contribution in [0.2, 0.25) is 0 Å². The molecule has 3 rings (SSSR count). The van der Waals surface area contributed by atoms with Gasteiger partial charge < -0.3 is 10.6 Å². The third-order valence-electron chi connectivity index (χ3n) is 4.16. The maximum Gasteiger partial charge on any atom is 0.276 e. The van der Waals surface area contributed by atoms with E-state index in [1.807, 2.05) is 64.1 Å². The summed E-state index contributed by atoms with van der Waals surface area (Å²) in [7, 11) is 0. The van der Waals surface area contributed by atoms with Crippen LogP contribution in [0.5, 0.6) is 0 Å². The normalized spacial score (nSPS) is 10.6. The summed E-state index contributed by atoms with van der Waals surface area (Å²) in [6, 6.07) is 13.3. The number of rotatable bonds is 5. The fraction of sp³-hybridized carbons (Fsp3) is 0.227. The molecule has 0 saturated heterocycles. The highest BCUT2D eigenvalue weighted by Gasteiger charge is 2.12. The summed E-state index contributed by atoms with van der Waals surface area (Å²) < 4.78 is 1.45. The molecule has 0 radical (unpaired) electrons. The van der Waals surface area contributed by atoms with Crippen molar-refractivity contribution < 1.29 is 9.59 Å². The van der Waals surface area contributed by atoms with Gasteiger partial charge in [0.2, 0.25) is 5.91 Å². The minimum atomic E-state index is -0.307. The predicted octanol–water partition coefficient (Wildman–Crippen LogP) is 4.01. The Balaban J connectivity index is 1.63. The molecule has 0 aliphatic carbocycles. The van der Waals surface area contributed by atoms with E-state index < -0.39 is 0 Å². The van der Waals surface area contributed by atoms with Gasteiger partial charge in [-0.15, -0.1) is 0 Å². The van der Waals surface area contributed by atoms with Gasteiger partial charge in [-0.3, -0.25) is 14.3 Å². The molecule has 6 nitrogen and oxygen atoms in total. The van der Waals surface area contributed by atoms with Gasteiger partial charge in [0.15, 0.2) is 5.69 Å². The van der Waals surface area contributed by atoms with E-state index in [-0.39, 0.29) is 24.1 Å². The Morgan fingerprint density at radius 1 is 0.821 bits per heavy atom. The number of aromatic nitrogens is 2. The lowest BCUT2D eigenvalue weighted by Gasteiger charge is -2.08. The SMILES string of the molecule is Cc1cc(C)cc(NC(=O)Cn2ccc(C(=O)Nc3cc(C)cc(C)c3)n2)c1. The molecule has 144 valence electrons. The molecule has 2 amide bonds. The topological polar surface area (TPSA) is 76.0 Å². The van der Waals surface area contributed by atoms with Crippen molar-refractivity contribution >= 4 is 23.2 Å². The summed E-state index contributed by atoms with van der Waals surface area (Å²) in [6.45, 7) is 7.95. The average molecular weight is 376 g/mol. The molecule has 2 N–H and O–H groups in total. The number of anilines is 2. The minimum absolute atomic E-state index is 0.0316. The van der Waals surface area contributed by atoms with E-state index in [9.17, 15) is 9.59 Å². The van der Waals surface area contributed by atoms with Crippen molar-refractivity contribution in [3.8, 4) is 0 Å². The van der Waals surface area contributed by atoms with Crippen LogP contribution in [-0.2, 0) is 11.3 Å². The van der Waals surface area contributed by atoms with Crippen molar-refractivity contribution in [2.24, 2.45) is 0 Å². The summed E-state index contributed by atoms with van der Waals surface area (Å²) in [5, 5.41) is 9.92. The molecule has 3 aromatic rings. The average Bonchev–Trinajstić information content (AvgIpc) is 3.01. The highest BCUT2D eigenvalue weighted by molar-refractivity contribution is 6.03. The van der Waals surface area contributed by atoms with Crippen LogP contribution in [0.25, 0.3) is 0 Å². The number of amides is 2. The quantitative estimate of drug-likeness (QED) is 0.706. The molecule has 6 heteroatoms. The van der Waals surface area contributed by atoms with Crippen LogP contribution in [0.1, 0.15) is 32.7 Å². The van der Waals surface area contributed by atoms with Crippen LogP contribution in [-0.4, -0.2) is 21.6 Å². The van der Waals surface area contributed by atoms with Crippen molar-refractivity contribution in [3.63, 3.8) is 0 Å². The molecule has 0 saturated carbocycles. The molecule has 1 heterocycles. The minimum Gasteiger partial charge on any atom is -0.324 e. The first-order valence-corrected chi connectivity index (χ1v) is 9.10. The highest BCUT2D eigenvalue weighted by atomic mass is 16.2. The van der Waals surface area contributed by atoms with Crippen LogP contribution in [0.15, 0.2) is 48.7 Å². The maximum absolute atomic E-state index is 12.4. The van der Waals surface area contributed by atoms with Crippen molar-refractivity contribution in [3.05, 3.63) is 76.6 Å². The van der Waals surface area contributed by atoms with E-state index in [0.717, 1.165) is 33.6 Å². The van der Waals surface area contributed by atoms with E-state index in [1.54, 1.807) is 12.3 Å². The lowest BCUT2D eigenvalue weighted by atomic mass is 10.1. The second kappa shape index (κ2) is 8.08. The lowest BCUT2D eigenvalue weighted by Crippen LogP contribution is -2.20. The van der Waals surface area contributed by atoms with Crippen LogP contribution in [0.4, 0.5) is 11.4 Å². The number of hydrogen-bond acceptors (Lipinski definition) is 3. The van der Waals surface area contributed by atoms with Crippen LogP contribution < -0.4 is 10.6 Å². The van der Waals surface area contributed by atoms with E-state index >= 15 is 0 Å². The summed E-state index contributed by atoms with van der Waals surface area (Å²) in [4.78, 5) is 24.7. The van der Waals surface area contributed by atoms with Gasteiger partial charge in [-0.25, -0.2) is 0 Å². The van der Waals surface area contributed by atoms with E-state index in [1.165, 1.54) is 4.68 Å². The monoisotopic (exact) mass is 376 g/mol. The molecule has 2 aromatic carbocycles. The van der Waals surface area contributed by atoms with Gasteiger partial charge in [0.1, 0.15) is 6.54 Å². The largest absolute Gasteiger partial charge is 0.324 e. The number of benzene rings is 2. The fourth-order valence-electron chi connectivity index (χ4n) is 3.21. The number of nitrogens with zero attached hydrogens (tertiary/aromatic N) is 2. The second-order valence-electron chi connectivity index (χ2n) is 7.15. The van der Waals surface area contributed by atoms with Gasteiger partial charge in [0.25, 0.3) is 5.91 Å². The Morgan fingerprint density at radius 2 is 1.32 bits per heavy atom. The first-order valence-electron chi connectivity index (χ1n) is 9.10. The third kappa shape index (κ3) is 5.07. The predicted molar refractivity (Wildman–Crippen MR) is 111 cm³/mol. The summed E-state index contributed by atoms with van der Waals surface area (Å²) in [6.07, 6.45) is 1.62. The zero-order valence-corrected chi connectivity index (χ0v) is 16.5. The van der Waals surface area contributed by atoms with Crippen molar-refractivity contribution in [1.82, 2.24) is 9.78 Å². The molecule has 0 fully saturated rings. The molecule has 0 aliphatic rings. The van der Waals surface area contributed by atoms with E-state index in [2.05, 4.69) is 15.7 Å². The Hall–Kier alpha value is -3.41. The molecule has 0 unspecified atom stereocenters. The number of nitrogens with one attached hydrogen (secondary N) is 2. The first kappa shape index (κ1) is 19.4. The summed E-state index contributed by atoms with van der Waals surface area (Å²) in [5.41, 5.74) is 6.05. The molecule has 1 aromatic heterocycles. The zero-order valence-electron chi connectivity index (χ0n) is 16.5. The van der Waals surface area contributed by atoms with Crippen LogP contribution in [0.3, 0.4) is 0 Å². The first-order chi connectivity index (χ1) is 13.3. The van der Waals surface area contributed by atoms with Crippen molar-refractivity contribution in [2.45, 2.75) is 34.2 Å². The molecular formula is C22H24N4O2. The van der Waals surface area contributed by atoms with E-state index in [0.29, 0.717) is 0 Å². The van der Waals surface area contributed by atoms with Gasteiger partial charge >= 0.3 is 0 Å². The molecule has 28 heavy (non-hydrogen) atoms. The smallest absolute Gasteiger partial charge is 0.276 e. The summed E-state index contributed by atoms with van der Waals surface area (Å²) >= 11 is 0. The molecule has 0 bridgehead atoms. The van der Waals surface area contributed by atoms with Crippen LogP contribution >= 0.6 is 0 Å². The van der Waals surface area contributed by atoms with Crippen molar-refractivity contribution in [1.29, 1.82) is 0 Å². The number of aryl methyl sites for hydroxylation is 4. The molecule has 0 aliphatic heterocycles. The van der Waals surface area contributed by atoms with Gasteiger partial charge in [-0.2, -0.15) is 5.10 Å². The highest BCUT2D eigenvalue weighted by Crippen LogP contribution is 2.15. The van der Waals surface area contributed by atoms with Gasteiger partial charge in [0, 0.05) is 17.6 Å². The Bertz CT molecular complexity index is 996. The van der Waals surface area contributed by atoms with Crippen LogP contribution in [0, 0.1) is 27.7 Å². The fourth-order valence-corrected chi connectivity index (χ4v) is 3.21. The zero-order chi connectivity index (χ0) is 20.3. The molecule has 0 spiro atoms. The molecular weight excluding hydrogens is 352 g/mol. The Labute approximate surface area is 164 Å². The number of carbonyl (C=O) groups excluding carboxylic acids is 2.